The number of hydrogen-bond acceptors (Lipinski definition) is 5. The number of halogens is 1. The van der Waals surface area contributed by atoms with Gasteiger partial charge in [-0.15, -0.1) is 0 Å². The monoisotopic (exact) mass is 475 g/mol. The van der Waals surface area contributed by atoms with E-state index in [1.54, 1.807) is 36.4 Å². The van der Waals surface area contributed by atoms with Gasteiger partial charge in [-0.2, -0.15) is 0 Å². The molecule has 2 aromatic heterocycles. The molecular formula is C26H22ClN3O4. The highest BCUT2D eigenvalue weighted by atomic mass is 35.5. The van der Waals surface area contributed by atoms with Crippen molar-refractivity contribution in [3.63, 3.8) is 0 Å². The fraction of sp³-hybridized carbons (Fsp3) is 0.154. The van der Waals surface area contributed by atoms with Gasteiger partial charge in [0.2, 0.25) is 5.88 Å². The number of aromatic amines is 1. The van der Waals surface area contributed by atoms with Gasteiger partial charge in [0.05, 0.1) is 12.6 Å². The topological polar surface area (TPSA) is 101 Å². The highest BCUT2D eigenvalue weighted by molar-refractivity contribution is 6.30. The van der Waals surface area contributed by atoms with Crippen molar-refractivity contribution < 1.29 is 14.3 Å². The van der Waals surface area contributed by atoms with Gasteiger partial charge in [0, 0.05) is 40.3 Å². The van der Waals surface area contributed by atoms with Crippen LogP contribution < -0.4 is 15.6 Å². The maximum absolute atomic E-state index is 12.9. The minimum atomic E-state index is -0.576. The first kappa shape index (κ1) is 23.2. The maximum atomic E-state index is 12.9. The summed E-state index contributed by atoms with van der Waals surface area (Å²) < 4.78 is 5.06. The summed E-state index contributed by atoms with van der Waals surface area (Å²) in [6.07, 6.45) is 2.42. The van der Waals surface area contributed by atoms with Crippen LogP contribution in [0.4, 0.5) is 5.69 Å². The van der Waals surface area contributed by atoms with E-state index in [9.17, 15) is 14.4 Å². The van der Waals surface area contributed by atoms with Gasteiger partial charge in [-0.05, 0) is 48.7 Å². The predicted octanol–water partition coefficient (Wildman–Crippen LogP) is 4.96. The van der Waals surface area contributed by atoms with Crippen molar-refractivity contribution in [2.75, 3.05) is 12.4 Å². The van der Waals surface area contributed by atoms with Crippen LogP contribution >= 0.6 is 11.6 Å². The third-order valence-electron chi connectivity index (χ3n) is 5.52. The normalized spacial score (nSPS) is 10.8. The summed E-state index contributed by atoms with van der Waals surface area (Å²) in [5.74, 6) is -0.268. The summed E-state index contributed by atoms with van der Waals surface area (Å²) >= 11 is 5.91. The summed E-state index contributed by atoms with van der Waals surface area (Å²) in [7, 11) is 1.48. The first-order valence-electron chi connectivity index (χ1n) is 10.6. The molecule has 0 spiro atoms. The first-order chi connectivity index (χ1) is 16.3. The molecule has 0 atom stereocenters. The van der Waals surface area contributed by atoms with Crippen LogP contribution in [0.25, 0.3) is 10.9 Å². The van der Waals surface area contributed by atoms with E-state index in [4.69, 9.17) is 16.3 Å². The molecular weight excluding hydrogens is 454 g/mol. The molecule has 2 N–H and O–H groups in total. The van der Waals surface area contributed by atoms with Crippen molar-refractivity contribution in [2.24, 2.45) is 0 Å². The molecule has 2 aromatic carbocycles. The number of methoxy groups -OCH3 is 1. The van der Waals surface area contributed by atoms with Crippen molar-refractivity contribution in [3.05, 3.63) is 98.4 Å². The number of rotatable bonds is 7. The van der Waals surface area contributed by atoms with Crippen LogP contribution in [0.3, 0.4) is 0 Å². The Balaban J connectivity index is 1.52. The van der Waals surface area contributed by atoms with Crippen LogP contribution in [0.5, 0.6) is 5.88 Å². The molecule has 4 aromatic rings. The molecule has 0 aliphatic carbocycles. The minimum absolute atomic E-state index is 0.0472. The molecule has 0 aliphatic heterocycles. The van der Waals surface area contributed by atoms with Gasteiger partial charge < -0.3 is 15.0 Å². The quantitative estimate of drug-likeness (QED) is 0.368. The molecule has 0 radical (unpaired) electrons. The Labute approximate surface area is 200 Å². The molecule has 34 heavy (non-hydrogen) atoms. The zero-order chi connectivity index (χ0) is 24.2. The van der Waals surface area contributed by atoms with Crippen molar-refractivity contribution >= 4 is 39.9 Å². The molecule has 172 valence electrons. The second-order valence-corrected chi connectivity index (χ2v) is 8.30. The Morgan fingerprint density at radius 1 is 1.09 bits per heavy atom. The van der Waals surface area contributed by atoms with E-state index >= 15 is 0 Å². The number of carbonyl (C=O) groups is 2. The second-order valence-electron chi connectivity index (χ2n) is 7.86. The molecule has 0 saturated heterocycles. The van der Waals surface area contributed by atoms with Gasteiger partial charge >= 0.3 is 0 Å². The third-order valence-corrected chi connectivity index (χ3v) is 5.77. The molecule has 8 heteroatoms. The van der Waals surface area contributed by atoms with Crippen molar-refractivity contribution in [1.29, 1.82) is 0 Å². The first-order valence-corrected chi connectivity index (χ1v) is 11.0. The molecule has 0 bridgehead atoms. The number of nitrogens with one attached hydrogen (secondary N) is 2. The summed E-state index contributed by atoms with van der Waals surface area (Å²) in [4.78, 5) is 45.0. The molecule has 0 unspecified atom stereocenters. The number of Topliss-reactive ketones (excluding diaryl/α,β-unsaturated/α-hetero) is 1. The molecule has 0 fully saturated rings. The number of amides is 1. The number of benzene rings is 2. The van der Waals surface area contributed by atoms with Crippen molar-refractivity contribution in [1.82, 2.24) is 9.97 Å². The van der Waals surface area contributed by atoms with E-state index in [2.05, 4.69) is 15.3 Å². The van der Waals surface area contributed by atoms with Gasteiger partial charge in [0.1, 0.15) is 5.56 Å². The Bertz CT molecular complexity index is 1450. The molecule has 1 amide bonds. The Morgan fingerprint density at radius 2 is 1.85 bits per heavy atom. The molecule has 0 saturated carbocycles. The van der Waals surface area contributed by atoms with E-state index in [0.717, 1.165) is 11.1 Å². The van der Waals surface area contributed by atoms with Crippen molar-refractivity contribution in [2.45, 2.75) is 19.8 Å². The average molecular weight is 476 g/mol. The Morgan fingerprint density at radius 3 is 2.59 bits per heavy atom. The number of ketones is 1. The lowest BCUT2D eigenvalue weighted by Crippen LogP contribution is -2.23. The molecule has 0 aliphatic rings. The fourth-order valence-corrected chi connectivity index (χ4v) is 3.66. The zero-order valence-corrected chi connectivity index (χ0v) is 19.4. The molecule has 7 nitrogen and oxygen atoms in total. The van der Waals surface area contributed by atoms with Crippen LogP contribution in [0.15, 0.2) is 65.6 Å². The van der Waals surface area contributed by atoms with E-state index in [1.807, 2.05) is 19.1 Å². The summed E-state index contributed by atoms with van der Waals surface area (Å²) in [5, 5.41) is 4.00. The minimum Gasteiger partial charge on any atom is -0.481 e. The van der Waals surface area contributed by atoms with Crippen LogP contribution in [0.2, 0.25) is 5.02 Å². The van der Waals surface area contributed by atoms with Gasteiger partial charge in [0.15, 0.2) is 5.78 Å². The number of H-pyrrole nitrogens is 1. The van der Waals surface area contributed by atoms with Gasteiger partial charge in [0.25, 0.3) is 11.5 Å². The summed E-state index contributed by atoms with van der Waals surface area (Å²) in [5.41, 5.74) is 2.66. The number of nitrogens with zero attached hydrogens (tertiary/aromatic N) is 1. The number of anilines is 1. The third kappa shape index (κ3) is 5.15. The highest BCUT2D eigenvalue weighted by Crippen LogP contribution is 2.21. The lowest BCUT2D eigenvalue weighted by atomic mass is 10.0. The SMILES string of the molecule is COc1cc2[nH]c(=O)c(C(=O)Nc3cc(C(=O)CCc4ccc(Cl)cc4)ccc3C)cc2cn1. The van der Waals surface area contributed by atoms with E-state index in [1.165, 1.54) is 19.4 Å². The number of aromatic nitrogens is 2. The van der Waals surface area contributed by atoms with Gasteiger partial charge in [-0.1, -0.05) is 35.9 Å². The van der Waals surface area contributed by atoms with Crippen LogP contribution in [-0.2, 0) is 6.42 Å². The lowest BCUT2D eigenvalue weighted by Gasteiger charge is -2.11. The van der Waals surface area contributed by atoms with E-state index < -0.39 is 11.5 Å². The van der Waals surface area contributed by atoms with Gasteiger partial charge in [-0.25, -0.2) is 4.98 Å². The highest BCUT2D eigenvalue weighted by Gasteiger charge is 2.15. The Hall–Kier alpha value is -3.97. The van der Waals surface area contributed by atoms with Gasteiger partial charge in [-0.3, -0.25) is 14.4 Å². The van der Waals surface area contributed by atoms with Crippen LogP contribution in [-0.4, -0.2) is 28.8 Å². The second kappa shape index (κ2) is 9.89. The molecule has 2 heterocycles. The van der Waals surface area contributed by atoms with Crippen LogP contribution in [0, 0.1) is 6.92 Å². The molecule has 4 rings (SSSR count). The van der Waals surface area contributed by atoms with Crippen molar-refractivity contribution in [3.8, 4) is 5.88 Å². The number of aryl methyl sites for hydroxylation is 2. The zero-order valence-electron chi connectivity index (χ0n) is 18.6. The Kier molecular flexibility index (Phi) is 6.75. The average Bonchev–Trinajstić information content (AvgIpc) is 2.83. The number of carbonyl (C=O) groups excluding carboxylic acids is 2. The standard InChI is InChI=1S/C26H22ClN3O4/c1-15-3-7-17(23(31)10-6-16-4-8-19(27)9-5-16)12-21(15)29-25(32)20-11-18-14-28-24(34-2)13-22(18)30-26(20)33/h3-5,7-9,11-14H,6,10H2,1-2H3,(H,29,32)(H,30,33). The summed E-state index contributed by atoms with van der Waals surface area (Å²) in [6.45, 7) is 1.82. The predicted molar refractivity (Wildman–Crippen MR) is 132 cm³/mol. The number of ether oxygens (including phenoxy) is 1. The lowest BCUT2D eigenvalue weighted by molar-refractivity contribution is 0.0980. The van der Waals surface area contributed by atoms with E-state index in [0.29, 0.717) is 45.9 Å². The smallest absolute Gasteiger partial charge is 0.261 e. The maximum Gasteiger partial charge on any atom is 0.261 e. The number of pyridine rings is 2. The van der Waals surface area contributed by atoms with Crippen LogP contribution in [0.1, 0.15) is 38.3 Å². The number of hydrogen-bond donors (Lipinski definition) is 2. The summed E-state index contributed by atoms with van der Waals surface area (Å²) in [6, 6.07) is 15.6. The fourth-order valence-electron chi connectivity index (χ4n) is 3.53. The van der Waals surface area contributed by atoms with E-state index in [-0.39, 0.29) is 11.3 Å². The number of fused-ring (bicyclic) bond motifs is 1. The largest absolute Gasteiger partial charge is 0.481 e.